The average molecular weight is 488 g/mol. The van der Waals surface area contributed by atoms with Gasteiger partial charge in [-0.1, -0.05) is 76.6 Å². The maximum Gasteiger partial charge on any atom is 0.416 e. The topological polar surface area (TPSA) is 50.9 Å². The molecule has 0 aliphatic rings. The van der Waals surface area contributed by atoms with Crippen molar-refractivity contribution in [3.05, 3.63) is 81.9 Å². The molecule has 0 fully saturated rings. The van der Waals surface area contributed by atoms with Crippen LogP contribution < -0.4 is 0 Å². The van der Waals surface area contributed by atoms with Crippen LogP contribution in [-0.2, 0) is 17.0 Å². The zero-order chi connectivity index (χ0) is 25.1. The predicted octanol–water partition coefficient (Wildman–Crippen LogP) is 7.42. The Bertz CT molecular complexity index is 1370. The summed E-state index contributed by atoms with van der Waals surface area (Å²) in [6.45, 7) is 9.91. The smallest absolute Gasteiger partial charge is 0.416 e. The molecule has 0 spiro atoms. The number of phenolic OH excluding ortho intramolecular Hbond substituents is 1. The highest BCUT2D eigenvalue weighted by atomic mass is 35.5. The second kappa shape index (κ2) is 8.01. The third kappa shape index (κ3) is 4.13. The quantitative estimate of drug-likeness (QED) is 0.327. The fraction of sp³-hybridized carbons (Fsp3) is 0.308. The standard InChI is InChI=1S/C26H25ClF3N3O/c1-24(2,3)17-14-20(33-31-18-12-11-16(26(28,29)30)13-19(18)32-33)23(34)21(22(17)27)25(4,5)15-9-7-6-8-10-15/h6-14,34H,1-5H3. The van der Waals surface area contributed by atoms with Gasteiger partial charge in [-0.05, 0) is 40.8 Å². The number of rotatable bonds is 3. The van der Waals surface area contributed by atoms with Crippen LogP contribution in [0.4, 0.5) is 13.2 Å². The van der Waals surface area contributed by atoms with Crippen molar-refractivity contribution < 1.29 is 18.3 Å². The third-order valence-electron chi connectivity index (χ3n) is 6.07. The molecule has 4 aromatic rings. The van der Waals surface area contributed by atoms with Crippen molar-refractivity contribution in [2.75, 3.05) is 0 Å². The highest BCUT2D eigenvalue weighted by Crippen LogP contribution is 2.47. The first kappa shape index (κ1) is 24.1. The molecule has 0 amide bonds. The van der Waals surface area contributed by atoms with E-state index < -0.39 is 22.6 Å². The molecule has 4 rings (SSSR count). The molecule has 1 N–H and O–H groups in total. The molecule has 3 aromatic carbocycles. The first-order chi connectivity index (χ1) is 15.7. The lowest BCUT2D eigenvalue weighted by molar-refractivity contribution is -0.137. The van der Waals surface area contributed by atoms with Gasteiger partial charge in [0.25, 0.3) is 0 Å². The van der Waals surface area contributed by atoms with E-state index >= 15 is 0 Å². The Balaban J connectivity index is 2.00. The van der Waals surface area contributed by atoms with E-state index in [1.165, 1.54) is 10.9 Å². The Morgan fingerprint density at radius 1 is 0.824 bits per heavy atom. The molecule has 34 heavy (non-hydrogen) atoms. The van der Waals surface area contributed by atoms with Gasteiger partial charge >= 0.3 is 6.18 Å². The largest absolute Gasteiger partial charge is 0.505 e. The van der Waals surface area contributed by atoms with Crippen molar-refractivity contribution in [3.8, 4) is 11.4 Å². The minimum Gasteiger partial charge on any atom is -0.505 e. The molecule has 0 saturated heterocycles. The maximum absolute atomic E-state index is 13.2. The van der Waals surface area contributed by atoms with E-state index in [0.717, 1.165) is 23.3 Å². The average Bonchev–Trinajstić information content (AvgIpc) is 3.16. The van der Waals surface area contributed by atoms with Crippen molar-refractivity contribution >= 4 is 22.6 Å². The summed E-state index contributed by atoms with van der Waals surface area (Å²) in [5.74, 6) is -0.122. The molecule has 1 heterocycles. The van der Waals surface area contributed by atoms with Gasteiger partial charge in [-0.3, -0.25) is 0 Å². The lowest BCUT2D eigenvalue weighted by Gasteiger charge is -2.32. The molecule has 178 valence electrons. The van der Waals surface area contributed by atoms with Gasteiger partial charge in [0, 0.05) is 11.0 Å². The Morgan fingerprint density at radius 3 is 2.03 bits per heavy atom. The van der Waals surface area contributed by atoms with Crippen molar-refractivity contribution in [2.45, 2.75) is 51.6 Å². The van der Waals surface area contributed by atoms with Gasteiger partial charge in [0.15, 0.2) is 0 Å². The normalized spacial score (nSPS) is 13.0. The predicted molar refractivity (Wildman–Crippen MR) is 128 cm³/mol. The summed E-state index contributed by atoms with van der Waals surface area (Å²) in [5, 5.41) is 20.5. The maximum atomic E-state index is 13.2. The van der Waals surface area contributed by atoms with Crippen molar-refractivity contribution in [3.63, 3.8) is 0 Å². The summed E-state index contributed by atoms with van der Waals surface area (Å²) < 4.78 is 39.5. The Morgan fingerprint density at radius 2 is 1.44 bits per heavy atom. The summed E-state index contributed by atoms with van der Waals surface area (Å²) in [4.78, 5) is 1.18. The van der Waals surface area contributed by atoms with Gasteiger partial charge in [-0.25, -0.2) is 0 Å². The molecule has 0 radical (unpaired) electrons. The van der Waals surface area contributed by atoms with Gasteiger partial charge in [0.05, 0.1) is 10.6 Å². The van der Waals surface area contributed by atoms with Crippen molar-refractivity contribution in [2.24, 2.45) is 0 Å². The summed E-state index contributed by atoms with van der Waals surface area (Å²) in [6, 6.07) is 14.5. The monoisotopic (exact) mass is 487 g/mol. The summed E-state index contributed by atoms with van der Waals surface area (Å²) in [5.41, 5.74) is 0.919. The molecule has 1 aromatic heterocycles. The van der Waals surface area contributed by atoms with Gasteiger partial charge in [0.2, 0.25) is 0 Å². The second-order valence-corrected chi connectivity index (χ2v) is 10.3. The zero-order valence-electron chi connectivity index (χ0n) is 19.5. The Hall–Kier alpha value is -3.06. The van der Waals surface area contributed by atoms with E-state index in [4.69, 9.17) is 11.6 Å². The number of phenols is 1. The number of halogens is 4. The second-order valence-electron chi connectivity index (χ2n) is 9.91. The van der Waals surface area contributed by atoms with E-state index in [-0.39, 0.29) is 22.5 Å². The fourth-order valence-electron chi connectivity index (χ4n) is 4.10. The highest BCUT2D eigenvalue weighted by Gasteiger charge is 2.35. The van der Waals surface area contributed by atoms with E-state index in [0.29, 0.717) is 10.6 Å². The van der Waals surface area contributed by atoms with Crippen LogP contribution in [0.1, 0.15) is 56.9 Å². The number of hydrogen-bond acceptors (Lipinski definition) is 3. The summed E-state index contributed by atoms with van der Waals surface area (Å²) in [7, 11) is 0. The number of fused-ring (bicyclic) bond motifs is 1. The number of alkyl halides is 3. The lowest BCUT2D eigenvalue weighted by Crippen LogP contribution is -2.23. The van der Waals surface area contributed by atoms with Gasteiger partial charge < -0.3 is 5.11 Å². The Kier molecular flexibility index (Phi) is 5.67. The molecular weight excluding hydrogens is 463 g/mol. The minimum atomic E-state index is -4.49. The van der Waals surface area contributed by atoms with Crippen LogP contribution in [-0.4, -0.2) is 20.1 Å². The lowest BCUT2D eigenvalue weighted by atomic mass is 9.74. The summed E-state index contributed by atoms with van der Waals surface area (Å²) in [6.07, 6.45) is -4.49. The van der Waals surface area contributed by atoms with E-state index in [2.05, 4.69) is 10.2 Å². The highest BCUT2D eigenvalue weighted by molar-refractivity contribution is 6.32. The van der Waals surface area contributed by atoms with E-state index in [1.807, 2.05) is 65.0 Å². The molecule has 4 nitrogen and oxygen atoms in total. The first-order valence-corrected chi connectivity index (χ1v) is 11.2. The number of aromatic hydroxyl groups is 1. The number of nitrogens with zero attached hydrogens (tertiary/aromatic N) is 3. The zero-order valence-corrected chi connectivity index (χ0v) is 20.3. The Labute approximate surface area is 201 Å². The van der Waals surface area contributed by atoms with Crippen molar-refractivity contribution in [1.29, 1.82) is 0 Å². The van der Waals surface area contributed by atoms with Crippen LogP contribution in [0.5, 0.6) is 5.75 Å². The number of aromatic nitrogens is 3. The first-order valence-electron chi connectivity index (χ1n) is 10.8. The third-order valence-corrected chi connectivity index (χ3v) is 6.46. The summed E-state index contributed by atoms with van der Waals surface area (Å²) >= 11 is 6.91. The molecule has 0 saturated carbocycles. The molecule has 8 heteroatoms. The molecule has 0 bridgehead atoms. The van der Waals surface area contributed by atoms with Crippen LogP contribution >= 0.6 is 11.6 Å². The SMILES string of the molecule is CC(C)(C)c1cc(-n2nc3ccc(C(F)(F)F)cc3n2)c(O)c(C(C)(C)c2ccccc2)c1Cl. The van der Waals surface area contributed by atoms with Gasteiger partial charge in [0.1, 0.15) is 22.5 Å². The van der Waals surface area contributed by atoms with E-state index in [1.54, 1.807) is 6.07 Å². The van der Waals surface area contributed by atoms with Crippen LogP contribution in [0, 0.1) is 0 Å². The van der Waals surface area contributed by atoms with Gasteiger partial charge in [-0.15, -0.1) is 15.0 Å². The number of hydrogen-bond donors (Lipinski definition) is 1. The minimum absolute atomic E-state index is 0.0744. The van der Waals surface area contributed by atoms with Crippen LogP contribution in [0.25, 0.3) is 16.7 Å². The molecular formula is C26H25ClF3N3O. The van der Waals surface area contributed by atoms with E-state index in [9.17, 15) is 18.3 Å². The van der Waals surface area contributed by atoms with Crippen LogP contribution in [0.15, 0.2) is 54.6 Å². The van der Waals surface area contributed by atoms with Crippen LogP contribution in [0.2, 0.25) is 5.02 Å². The molecule has 0 unspecified atom stereocenters. The number of benzene rings is 3. The van der Waals surface area contributed by atoms with Crippen LogP contribution in [0.3, 0.4) is 0 Å². The molecule has 0 aliphatic carbocycles. The van der Waals surface area contributed by atoms with Crippen molar-refractivity contribution in [1.82, 2.24) is 15.0 Å². The molecule has 0 aliphatic heterocycles. The molecule has 0 atom stereocenters. The van der Waals surface area contributed by atoms with Gasteiger partial charge in [-0.2, -0.15) is 13.2 Å². The fourth-order valence-corrected chi connectivity index (χ4v) is 4.77.